The molecule has 0 aromatic carbocycles. The van der Waals surface area contributed by atoms with E-state index in [0.717, 1.165) is 37.4 Å². The summed E-state index contributed by atoms with van der Waals surface area (Å²) in [5, 5.41) is 0. The Morgan fingerprint density at radius 1 is 1.05 bits per heavy atom. The normalized spacial score (nSPS) is 25.1. The Morgan fingerprint density at radius 3 is 2.45 bits per heavy atom. The first kappa shape index (κ1) is 13.9. The summed E-state index contributed by atoms with van der Waals surface area (Å²) in [6.07, 6.45) is 13.2. The number of carbonyl (C=O) groups is 1. The van der Waals surface area contributed by atoms with Gasteiger partial charge < -0.3 is 9.64 Å². The van der Waals surface area contributed by atoms with Gasteiger partial charge in [-0.25, -0.2) is 0 Å². The minimum Gasteiger partial charge on any atom is -0.378 e. The number of hydrogen-bond acceptors (Lipinski definition) is 2. The highest BCUT2D eigenvalue weighted by molar-refractivity contribution is 5.94. The number of morpholine rings is 1. The molecule has 0 spiro atoms. The molecule has 0 unspecified atom stereocenters. The van der Waals surface area contributed by atoms with Gasteiger partial charge in [-0.1, -0.05) is 37.0 Å². The number of carbonyl (C=O) groups excluding carboxylic acids is 1. The van der Waals surface area contributed by atoms with Crippen LogP contribution in [0.3, 0.4) is 0 Å². The van der Waals surface area contributed by atoms with Crippen LogP contribution < -0.4 is 0 Å². The fraction of sp³-hybridized carbons (Fsp3) is 0.706. The van der Waals surface area contributed by atoms with Gasteiger partial charge in [0.05, 0.1) is 13.2 Å². The summed E-state index contributed by atoms with van der Waals surface area (Å²) in [6.45, 7) is 2.86. The molecule has 0 atom stereocenters. The van der Waals surface area contributed by atoms with Gasteiger partial charge in [0.1, 0.15) is 0 Å². The highest BCUT2D eigenvalue weighted by Crippen LogP contribution is 2.34. The minimum absolute atomic E-state index is 0.229. The number of allylic oxidation sites excluding steroid dienone is 3. The average molecular weight is 275 g/mol. The average Bonchev–Trinajstić information content (AvgIpc) is 2.56. The van der Waals surface area contributed by atoms with E-state index in [2.05, 4.69) is 12.2 Å². The van der Waals surface area contributed by atoms with Gasteiger partial charge >= 0.3 is 0 Å². The van der Waals surface area contributed by atoms with Crippen LogP contribution in [-0.2, 0) is 9.53 Å². The van der Waals surface area contributed by atoms with E-state index in [-0.39, 0.29) is 5.91 Å². The second kappa shape index (κ2) is 6.57. The molecule has 20 heavy (non-hydrogen) atoms. The van der Waals surface area contributed by atoms with Crippen molar-refractivity contribution in [3.63, 3.8) is 0 Å². The Morgan fingerprint density at radius 2 is 1.80 bits per heavy atom. The maximum Gasteiger partial charge on any atom is 0.249 e. The lowest BCUT2D eigenvalue weighted by molar-refractivity contribution is -0.131. The summed E-state index contributed by atoms with van der Waals surface area (Å²) in [6, 6.07) is 0. The van der Waals surface area contributed by atoms with Crippen LogP contribution in [0.4, 0.5) is 0 Å². The number of rotatable bonds is 2. The van der Waals surface area contributed by atoms with Crippen molar-refractivity contribution in [2.24, 2.45) is 5.92 Å². The summed E-state index contributed by atoms with van der Waals surface area (Å²) >= 11 is 0. The molecule has 1 amide bonds. The maximum absolute atomic E-state index is 12.4. The first-order chi connectivity index (χ1) is 9.84. The molecule has 0 aromatic rings. The van der Waals surface area contributed by atoms with Crippen LogP contribution in [0, 0.1) is 5.92 Å². The summed E-state index contributed by atoms with van der Waals surface area (Å²) in [5.74, 6) is 1.02. The van der Waals surface area contributed by atoms with E-state index in [1.54, 1.807) is 5.57 Å². The van der Waals surface area contributed by atoms with Crippen molar-refractivity contribution in [1.82, 2.24) is 4.90 Å². The lowest BCUT2D eigenvalue weighted by Crippen LogP contribution is -2.41. The molecule has 1 saturated carbocycles. The molecule has 0 N–H and O–H groups in total. The van der Waals surface area contributed by atoms with E-state index in [0.29, 0.717) is 13.2 Å². The van der Waals surface area contributed by atoms with Crippen molar-refractivity contribution in [2.45, 2.75) is 44.9 Å². The predicted molar refractivity (Wildman–Crippen MR) is 79.4 cm³/mol. The van der Waals surface area contributed by atoms with Gasteiger partial charge in [0.15, 0.2) is 0 Å². The molecule has 3 rings (SSSR count). The molecule has 2 fully saturated rings. The first-order valence-corrected chi connectivity index (χ1v) is 8.11. The fourth-order valence-electron chi connectivity index (χ4n) is 3.61. The van der Waals surface area contributed by atoms with Gasteiger partial charge in [0.25, 0.3) is 0 Å². The third-order valence-corrected chi connectivity index (χ3v) is 4.88. The lowest BCUT2D eigenvalue weighted by atomic mass is 9.80. The zero-order valence-corrected chi connectivity index (χ0v) is 12.3. The van der Waals surface area contributed by atoms with Crippen molar-refractivity contribution in [2.75, 3.05) is 26.3 Å². The van der Waals surface area contributed by atoms with Crippen molar-refractivity contribution in [3.05, 3.63) is 23.3 Å². The second-order valence-electron chi connectivity index (χ2n) is 6.17. The molecule has 1 saturated heterocycles. The minimum atomic E-state index is 0.229. The Balaban J connectivity index is 1.62. The SMILES string of the molecule is O=C(C1=CC=C(C2CCCCC2)CC1)N1CCOCC1. The first-order valence-electron chi connectivity index (χ1n) is 8.11. The third-order valence-electron chi connectivity index (χ3n) is 4.88. The largest absolute Gasteiger partial charge is 0.378 e. The number of amides is 1. The zero-order chi connectivity index (χ0) is 13.8. The van der Waals surface area contributed by atoms with Gasteiger partial charge in [-0.05, 0) is 31.6 Å². The van der Waals surface area contributed by atoms with E-state index in [9.17, 15) is 4.79 Å². The smallest absolute Gasteiger partial charge is 0.249 e. The number of hydrogen-bond donors (Lipinski definition) is 0. The maximum atomic E-state index is 12.4. The van der Waals surface area contributed by atoms with Crippen molar-refractivity contribution >= 4 is 5.91 Å². The van der Waals surface area contributed by atoms with Crippen LogP contribution in [0.5, 0.6) is 0 Å². The molecule has 110 valence electrons. The van der Waals surface area contributed by atoms with E-state index in [1.807, 2.05) is 4.90 Å². The highest BCUT2D eigenvalue weighted by Gasteiger charge is 2.24. The van der Waals surface area contributed by atoms with E-state index < -0.39 is 0 Å². The Labute approximate surface area is 121 Å². The van der Waals surface area contributed by atoms with Crippen molar-refractivity contribution in [3.8, 4) is 0 Å². The van der Waals surface area contributed by atoms with Crippen molar-refractivity contribution < 1.29 is 9.53 Å². The summed E-state index contributed by atoms with van der Waals surface area (Å²) in [5.41, 5.74) is 2.58. The van der Waals surface area contributed by atoms with Crippen LogP contribution in [0.25, 0.3) is 0 Å². The van der Waals surface area contributed by atoms with E-state index >= 15 is 0 Å². The number of nitrogens with zero attached hydrogens (tertiary/aromatic N) is 1. The standard InChI is InChI=1S/C17H25NO2/c19-17(18-10-12-20-13-11-18)16-8-6-15(7-9-16)14-4-2-1-3-5-14/h6,8,14H,1-5,7,9-13H2. The fourth-order valence-corrected chi connectivity index (χ4v) is 3.61. The Hall–Kier alpha value is -1.09. The summed E-state index contributed by atoms with van der Waals surface area (Å²) in [4.78, 5) is 14.3. The molecular formula is C17H25NO2. The molecule has 0 radical (unpaired) electrons. The van der Waals surface area contributed by atoms with Crippen LogP contribution >= 0.6 is 0 Å². The van der Waals surface area contributed by atoms with Gasteiger partial charge in [0, 0.05) is 18.7 Å². The topological polar surface area (TPSA) is 29.5 Å². The van der Waals surface area contributed by atoms with Crippen LogP contribution in [0.1, 0.15) is 44.9 Å². The van der Waals surface area contributed by atoms with Crippen molar-refractivity contribution in [1.29, 1.82) is 0 Å². The summed E-state index contributed by atoms with van der Waals surface area (Å²) in [7, 11) is 0. The number of ether oxygens (including phenoxy) is 1. The van der Waals surface area contributed by atoms with Crippen LogP contribution in [0.15, 0.2) is 23.3 Å². The van der Waals surface area contributed by atoms with Gasteiger partial charge in [-0.15, -0.1) is 0 Å². The summed E-state index contributed by atoms with van der Waals surface area (Å²) < 4.78 is 5.31. The van der Waals surface area contributed by atoms with E-state index in [4.69, 9.17) is 4.74 Å². The van der Waals surface area contributed by atoms with Gasteiger partial charge in [-0.2, -0.15) is 0 Å². The molecular weight excluding hydrogens is 250 g/mol. The molecule has 2 aliphatic carbocycles. The van der Waals surface area contributed by atoms with Crippen LogP contribution in [-0.4, -0.2) is 37.1 Å². The molecule has 3 nitrogen and oxygen atoms in total. The Kier molecular flexibility index (Phi) is 4.56. The lowest BCUT2D eigenvalue weighted by Gasteiger charge is -2.30. The predicted octanol–water partition coefficient (Wildman–Crippen LogP) is 3.07. The quantitative estimate of drug-likeness (QED) is 0.775. The molecule has 3 aliphatic rings. The molecule has 0 bridgehead atoms. The Bertz CT molecular complexity index is 413. The van der Waals surface area contributed by atoms with E-state index in [1.165, 1.54) is 32.1 Å². The van der Waals surface area contributed by atoms with Gasteiger partial charge in [-0.3, -0.25) is 4.79 Å². The zero-order valence-electron chi connectivity index (χ0n) is 12.3. The molecule has 0 aromatic heterocycles. The third kappa shape index (κ3) is 3.14. The van der Waals surface area contributed by atoms with Gasteiger partial charge in [0.2, 0.25) is 5.91 Å². The molecule has 1 heterocycles. The molecule has 1 aliphatic heterocycles. The monoisotopic (exact) mass is 275 g/mol. The second-order valence-corrected chi connectivity index (χ2v) is 6.17. The highest BCUT2D eigenvalue weighted by atomic mass is 16.5. The molecule has 3 heteroatoms. The van der Waals surface area contributed by atoms with Crippen LogP contribution in [0.2, 0.25) is 0 Å².